The Balaban J connectivity index is 3.21. The Morgan fingerprint density at radius 1 is 1.45 bits per heavy atom. The molecule has 1 rings (SSSR count). The van der Waals surface area contributed by atoms with E-state index in [-0.39, 0.29) is 5.82 Å². The molecule has 1 aromatic carbocycles. The van der Waals surface area contributed by atoms with Crippen molar-refractivity contribution in [2.45, 2.75) is 12.3 Å². The lowest BCUT2D eigenvalue weighted by molar-refractivity contribution is 0.617. The summed E-state index contributed by atoms with van der Waals surface area (Å²) in [5.74, 6) is -0.165. The molecule has 0 bridgehead atoms. The van der Waals surface area contributed by atoms with Crippen molar-refractivity contribution in [1.29, 1.82) is 0 Å². The molecule has 0 radical (unpaired) electrons. The van der Waals surface area contributed by atoms with Crippen molar-refractivity contribution in [2.75, 3.05) is 0 Å². The molecule has 0 aliphatic heterocycles. The van der Waals surface area contributed by atoms with Crippen molar-refractivity contribution in [3.05, 3.63) is 33.5 Å². The summed E-state index contributed by atoms with van der Waals surface area (Å²) in [5.41, 5.74) is 1.76. The number of rotatable bonds is 1. The fourth-order valence-corrected chi connectivity index (χ4v) is 2.12. The van der Waals surface area contributed by atoms with Gasteiger partial charge in [0.2, 0.25) is 0 Å². The van der Waals surface area contributed by atoms with Crippen molar-refractivity contribution in [2.24, 2.45) is 0 Å². The molecule has 0 unspecified atom stereocenters. The van der Waals surface area contributed by atoms with Crippen LogP contribution in [0.4, 0.5) is 4.39 Å². The smallest absolute Gasteiger partial charge is 0.127 e. The first-order chi connectivity index (χ1) is 5.15. The molecular weight excluding hydrogens is 275 g/mol. The topological polar surface area (TPSA) is 0 Å². The number of alkyl halides is 1. The maximum absolute atomic E-state index is 12.9. The molecule has 0 aliphatic carbocycles. The van der Waals surface area contributed by atoms with E-state index in [1.807, 2.05) is 6.07 Å². The standard InChI is InChI=1S/C8H7Br2F/c1-5-2-6(4-9)7(10)3-8(5)11/h2-3H,4H2,1H3. The van der Waals surface area contributed by atoms with E-state index in [4.69, 9.17) is 0 Å². The molecule has 11 heavy (non-hydrogen) atoms. The number of halogens is 3. The average Bonchev–Trinajstić information content (AvgIpc) is 1.97. The van der Waals surface area contributed by atoms with Crippen LogP contribution >= 0.6 is 31.9 Å². The predicted octanol–water partition coefficient (Wildman–Crippen LogP) is 3.79. The first-order valence-corrected chi connectivity index (χ1v) is 5.07. The van der Waals surface area contributed by atoms with E-state index in [0.29, 0.717) is 5.56 Å². The summed E-state index contributed by atoms with van der Waals surface area (Å²) < 4.78 is 13.7. The highest BCUT2D eigenvalue weighted by atomic mass is 79.9. The third-order valence-electron chi connectivity index (χ3n) is 1.47. The van der Waals surface area contributed by atoms with Gasteiger partial charge in [-0.25, -0.2) is 4.39 Å². The quantitative estimate of drug-likeness (QED) is 0.687. The second-order valence-corrected chi connectivity index (χ2v) is 3.74. The van der Waals surface area contributed by atoms with E-state index in [1.54, 1.807) is 6.92 Å². The van der Waals surface area contributed by atoms with Crippen LogP contribution in [0.5, 0.6) is 0 Å². The van der Waals surface area contributed by atoms with Gasteiger partial charge in [0.05, 0.1) is 0 Å². The Morgan fingerprint density at radius 3 is 2.64 bits per heavy atom. The summed E-state index contributed by atoms with van der Waals surface area (Å²) in [6, 6.07) is 3.32. The fraction of sp³-hybridized carbons (Fsp3) is 0.250. The second kappa shape index (κ2) is 3.68. The van der Waals surface area contributed by atoms with E-state index < -0.39 is 0 Å². The van der Waals surface area contributed by atoms with Crippen molar-refractivity contribution in [3.63, 3.8) is 0 Å². The van der Waals surface area contributed by atoms with Crippen molar-refractivity contribution >= 4 is 31.9 Å². The summed E-state index contributed by atoms with van der Waals surface area (Å²) in [6.45, 7) is 1.76. The zero-order valence-electron chi connectivity index (χ0n) is 6.00. The SMILES string of the molecule is Cc1cc(CBr)c(Br)cc1F. The van der Waals surface area contributed by atoms with Gasteiger partial charge in [0.15, 0.2) is 0 Å². The van der Waals surface area contributed by atoms with Gasteiger partial charge in [-0.3, -0.25) is 0 Å². The molecule has 3 heteroatoms. The van der Waals surface area contributed by atoms with E-state index in [9.17, 15) is 4.39 Å². The maximum Gasteiger partial charge on any atom is 0.127 e. The molecule has 0 N–H and O–H groups in total. The summed E-state index contributed by atoms with van der Waals surface area (Å²) in [5, 5.41) is 0.745. The van der Waals surface area contributed by atoms with Crippen LogP contribution in [0.2, 0.25) is 0 Å². The van der Waals surface area contributed by atoms with Gasteiger partial charge in [0, 0.05) is 9.80 Å². The number of aryl methyl sites for hydroxylation is 1. The van der Waals surface area contributed by atoms with E-state index >= 15 is 0 Å². The minimum atomic E-state index is -0.165. The molecule has 0 heterocycles. The van der Waals surface area contributed by atoms with Crippen molar-refractivity contribution in [1.82, 2.24) is 0 Å². The molecule has 0 spiro atoms. The third-order valence-corrected chi connectivity index (χ3v) is 2.81. The van der Waals surface area contributed by atoms with Crippen LogP contribution in [0.15, 0.2) is 16.6 Å². The maximum atomic E-state index is 12.9. The zero-order valence-corrected chi connectivity index (χ0v) is 9.17. The van der Waals surface area contributed by atoms with E-state index in [1.165, 1.54) is 6.07 Å². The van der Waals surface area contributed by atoms with Crippen LogP contribution in [0.1, 0.15) is 11.1 Å². The fourth-order valence-electron chi connectivity index (χ4n) is 0.819. The molecule has 0 nitrogen and oxygen atoms in total. The first-order valence-electron chi connectivity index (χ1n) is 3.15. The number of benzene rings is 1. The lowest BCUT2D eigenvalue weighted by Crippen LogP contribution is -1.87. The summed E-state index contributed by atoms with van der Waals surface area (Å²) >= 11 is 6.59. The lowest BCUT2D eigenvalue weighted by atomic mass is 10.1. The molecule has 0 saturated carbocycles. The van der Waals surface area contributed by atoms with Crippen LogP contribution in [-0.4, -0.2) is 0 Å². The summed E-state index contributed by atoms with van der Waals surface area (Å²) in [7, 11) is 0. The Labute approximate surface area is 82.1 Å². The highest BCUT2D eigenvalue weighted by Gasteiger charge is 2.02. The highest BCUT2D eigenvalue weighted by Crippen LogP contribution is 2.22. The van der Waals surface area contributed by atoms with Gasteiger partial charge in [-0.15, -0.1) is 0 Å². The molecule has 0 fully saturated rings. The Bertz CT molecular complexity index is 271. The molecule has 0 aromatic heterocycles. The Kier molecular flexibility index (Phi) is 3.07. The monoisotopic (exact) mass is 280 g/mol. The predicted molar refractivity (Wildman–Crippen MR) is 51.5 cm³/mol. The van der Waals surface area contributed by atoms with Gasteiger partial charge in [-0.1, -0.05) is 37.9 Å². The lowest BCUT2D eigenvalue weighted by Gasteiger charge is -2.02. The molecule has 0 amide bonds. The molecular formula is C8H7Br2F. The van der Waals surface area contributed by atoms with Crippen LogP contribution in [-0.2, 0) is 5.33 Å². The molecule has 60 valence electrons. The Morgan fingerprint density at radius 2 is 2.09 bits per heavy atom. The largest absolute Gasteiger partial charge is 0.207 e. The third kappa shape index (κ3) is 2.03. The van der Waals surface area contributed by atoms with Crippen LogP contribution in [0, 0.1) is 12.7 Å². The number of hydrogen-bond acceptors (Lipinski definition) is 0. The molecule has 0 aliphatic rings. The van der Waals surface area contributed by atoms with Crippen LogP contribution in [0.3, 0.4) is 0 Å². The van der Waals surface area contributed by atoms with Crippen LogP contribution in [0.25, 0.3) is 0 Å². The Hall–Kier alpha value is 0.110. The summed E-state index contributed by atoms with van der Waals surface area (Å²) in [4.78, 5) is 0. The van der Waals surface area contributed by atoms with Gasteiger partial charge < -0.3 is 0 Å². The van der Waals surface area contributed by atoms with E-state index in [2.05, 4.69) is 31.9 Å². The van der Waals surface area contributed by atoms with Crippen molar-refractivity contribution in [3.8, 4) is 0 Å². The zero-order chi connectivity index (χ0) is 8.43. The molecule has 0 atom stereocenters. The average molecular weight is 282 g/mol. The molecule has 1 aromatic rings. The van der Waals surface area contributed by atoms with Crippen LogP contribution < -0.4 is 0 Å². The van der Waals surface area contributed by atoms with E-state index in [0.717, 1.165) is 15.4 Å². The van der Waals surface area contributed by atoms with Gasteiger partial charge in [-0.05, 0) is 24.1 Å². The molecule has 0 saturated heterocycles. The van der Waals surface area contributed by atoms with Gasteiger partial charge in [0.25, 0.3) is 0 Å². The highest BCUT2D eigenvalue weighted by molar-refractivity contribution is 9.10. The second-order valence-electron chi connectivity index (χ2n) is 2.33. The van der Waals surface area contributed by atoms with Gasteiger partial charge >= 0.3 is 0 Å². The normalized spacial score (nSPS) is 10.2. The van der Waals surface area contributed by atoms with Crippen molar-refractivity contribution < 1.29 is 4.39 Å². The van der Waals surface area contributed by atoms with Gasteiger partial charge in [0.1, 0.15) is 5.82 Å². The number of hydrogen-bond donors (Lipinski definition) is 0. The minimum Gasteiger partial charge on any atom is -0.207 e. The first kappa shape index (κ1) is 9.20. The minimum absolute atomic E-state index is 0.165. The van der Waals surface area contributed by atoms with Gasteiger partial charge in [-0.2, -0.15) is 0 Å². The summed E-state index contributed by atoms with van der Waals surface area (Å²) in [6.07, 6.45) is 0.